The molecule has 4 rings (SSSR count). The Labute approximate surface area is 143 Å². The van der Waals surface area contributed by atoms with E-state index < -0.39 is 0 Å². The highest BCUT2D eigenvalue weighted by Crippen LogP contribution is 2.38. The van der Waals surface area contributed by atoms with Crippen LogP contribution < -0.4 is 5.32 Å². The normalized spacial score (nSPS) is 27.5. The molecular weight excluding hydrogens is 304 g/mol. The summed E-state index contributed by atoms with van der Waals surface area (Å²) >= 11 is 0. The minimum atomic E-state index is 0.351. The number of nitrogens with zero attached hydrogens (tertiary/aromatic N) is 5. The third kappa shape index (κ3) is 3.01. The van der Waals surface area contributed by atoms with Gasteiger partial charge in [-0.3, -0.25) is 4.99 Å². The highest BCUT2D eigenvalue weighted by Gasteiger charge is 2.42. The van der Waals surface area contributed by atoms with E-state index in [1.807, 2.05) is 7.05 Å². The van der Waals surface area contributed by atoms with Crippen molar-refractivity contribution in [3.63, 3.8) is 0 Å². The van der Waals surface area contributed by atoms with Gasteiger partial charge in [-0.05, 0) is 25.7 Å². The molecule has 1 spiro atoms. The van der Waals surface area contributed by atoms with Gasteiger partial charge in [0.2, 0.25) is 0 Å². The van der Waals surface area contributed by atoms with Gasteiger partial charge in [0.15, 0.2) is 11.8 Å². The lowest BCUT2D eigenvalue weighted by Crippen LogP contribution is -2.41. The van der Waals surface area contributed by atoms with E-state index in [0.717, 1.165) is 56.9 Å². The Morgan fingerprint density at radius 3 is 3.04 bits per heavy atom. The summed E-state index contributed by atoms with van der Waals surface area (Å²) in [5.74, 6) is 3.15. The number of hydrogen-bond acceptors (Lipinski definition) is 4. The summed E-state index contributed by atoms with van der Waals surface area (Å²) in [5.41, 5.74) is 0.351. The van der Waals surface area contributed by atoms with Gasteiger partial charge in [-0.15, -0.1) is 10.2 Å². The average Bonchev–Trinajstić information content (AvgIpc) is 3.28. The van der Waals surface area contributed by atoms with Gasteiger partial charge in [0.1, 0.15) is 5.82 Å². The van der Waals surface area contributed by atoms with Crippen LogP contribution in [0.4, 0.5) is 0 Å². The van der Waals surface area contributed by atoms with Crippen LogP contribution in [0.25, 0.3) is 0 Å². The molecule has 4 heterocycles. The second kappa shape index (κ2) is 6.70. The first-order valence-electron chi connectivity index (χ1n) is 9.24. The fourth-order valence-corrected chi connectivity index (χ4v) is 4.25. The topological polar surface area (TPSA) is 67.6 Å². The highest BCUT2D eigenvalue weighted by molar-refractivity contribution is 5.80. The Kier molecular flexibility index (Phi) is 4.43. The van der Waals surface area contributed by atoms with E-state index in [-0.39, 0.29) is 0 Å². The molecule has 7 nitrogen and oxygen atoms in total. The number of ether oxygens (including phenoxy) is 1. The first kappa shape index (κ1) is 15.9. The molecular formula is C17H28N6O. The fourth-order valence-electron chi connectivity index (χ4n) is 4.25. The summed E-state index contributed by atoms with van der Waals surface area (Å²) in [6.45, 7) is 5.65. The number of aliphatic imine (C=N–C) groups is 1. The molecule has 132 valence electrons. The van der Waals surface area contributed by atoms with Crippen molar-refractivity contribution < 1.29 is 4.74 Å². The van der Waals surface area contributed by atoms with Crippen LogP contribution in [0.15, 0.2) is 4.99 Å². The van der Waals surface area contributed by atoms with E-state index in [9.17, 15) is 0 Å². The Balaban J connectivity index is 1.39. The van der Waals surface area contributed by atoms with Gasteiger partial charge < -0.3 is 19.5 Å². The summed E-state index contributed by atoms with van der Waals surface area (Å²) in [6.07, 6.45) is 7.17. The van der Waals surface area contributed by atoms with Crippen molar-refractivity contribution in [2.75, 3.05) is 33.4 Å². The summed E-state index contributed by atoms with van der Waals surface area (Å²) in [7, 11) is 1.86. The molecule has 1 aromatic rings. The number of rotatable bonds is 2. The number of guanidine groups is 1. The van der Waals surface area contributed by atoms with E-state index >= 15 is 0 Å². The lowest BCUT2D eigenvalue weighted by atomic mass is 9.87. The molecule has 1 unspecified atom stereocenters. The van der Waals surface area contributed by atoms with E-state index in [1.165, 1.54) is 32.1 Å². The zero-order valence-electron chi connectivity index (χ0n) is 14.6. The molecule has 0 bridgehead atoms. The molecule has 3 aliphatic rings. The number of hydrogen-bond donors (Lipinski definition) is 1. The maximum Gasteiger partial charge on any atom is 0.194 e. The van der Waals surface area contributed by atoms with Crippen LogP contribution in [-0.2, 0) is 24.2 Å². The summed E-state index contributed by atoms with van der Waals surface area (Å²) in [6, 6.07) is 0. The molecule has 1 N–H and O–H groups in total. The van der Waals surface area contributed by atoms with Crippen LogP contribution in [0.2, 0.25) is 0 Å². The van der Waals surface area contributed by atoms with Gasteiger partial charge in [-0.1, -0.05) is 6.42 Å². The van der Waals surface area contributed by atoms with Gasteiger partial charge in [0, 0.05) is 45.1 Å². The SMILES string of the molecule is CN=C(NCc1nnc2n1CCCCC2)N1CCC2(CCOC2)C1. The van der Waals surface area contributed by atoms with E-state index in [2.05, 4.69) is 30.0 Å². The third-order valence-corrected chi connectivity index (χ3v) is 5.73. The minimum absolute atomic E-state index is 0.351. The Morgan fingerprint density at radius 1 is 1.25 bits per heavy atom. The van der Waals surface area contributed by atoms with Crippen molar-refractivity contribution in [2.45, 2.75) is 51.6 Å². The van der Waals surface area contributed by atoms with Crippen molar-refractivity contribution in [1.29, 1.82) is 0 Å². The van der Waals surface area contributed by atoms with Crippen LogP contribution in [0, 0.1) is 5.41 Å². The molecule has 7 heteroatoms. The molecule has 2 saturated heterocycles. The van der Waals surface area contributed by atoms with Crippen LogP contribution in [0.1, 0.15) is 43.8 Å². The Morgan fingerprint density at radius 2 is 2.21 bits per heavy atom. The highest BCUT2D eigenvalue weighted by atomic mass is 16.5. The quantitative estimate of drug-likeness (QED) is 0.651. The molecule has 24 heavy (non-hydrogen) atoms. The number of aromatic nitrogens is 3. The maximum absolute atomic E-state index is 5.63. The fraction of sp³-hybridized carbons (Fsp3) is 0.824. The minimum Gasteiger partial charge on any atom is -0.381 e. The van der Waals surface area contributed by atoms with Gasteiger partial charge in [0.25, 0.3) is 0 Å². The number of nitrogens with one attached hydrogen (secondary N) is 1. The summed E-state index contributed by atoms with van der Waals surface area (Å²) in [5, 5.41) is 12.3. The van der Waals surface area contributed by atoms with E-state index in [4.69, 9.17) is 4.74 Å². The molecule has 2 fully saturated rings. The lowest BCUT2D eigenvalue weighted by Gasteiger charge is -2.24. The van der Waals surface area contributed by atoms with E-state index in [0.29, 0.717) is 12.0 Å². The van der Waals surface area contributed by atoms with Crippen molar-refractivity contribution >= 4 is 5.96 Å². The monoisotopic (exact) mass is 332 g/mol. The largest absolute Gasteiger partial charge is 0.381 e. The van der Waals surface area contributed by atoms with Crippen molar-refractivity contribution in [1.82, 2.24) is 25.0 Å². The zero-order chi connectivity index (χ0) is 16.4. The van der Waals surface area contributed by atoms with Crippen LogP contribution in [0.3, 0.4) is 0 Å². The molecule has 3 aliphatic heterocycles. The standard InChI is InChI=1S/C17H28N6O/c1-18-16(22-9-6-17(12-22)7-10-24-13-17)19-11-15-21-20-14-5-3-2-4-8-23(14)15/h2-13H2,1H3,(H,18,19). The number of fused-ring (bicyclic) bond motifs is 1. The zero-order valence-corrected chi connectivity index (χ0v) is 14.6. The van der Waals surface area contributed by atoms with Crippen LogP contribution >= 0.6 is 0 Å². The van der Waals surface area contributed by atoms with Gasteiger partial charge in [-0.2, -0.15) is 0 Å². The van der Waals surface area contributed by atoms with Gasteiger partial charge in [-0.25, -0.2) is 0 Å². The predicted molar refractivity (Wildman–Crippen MR) is 91.8 cm³/mol. The maximum atomic E-state index is 5.63. The first-order chi connectivity index (χ1) is 11.8. The predicted octanol–water partition coefficient (Wildman–Crippen LogP) is 1.19. The summed E-state index contributed by atoms with van der Waals surface area (Å²) in [4.78, 5) is 6.86. The second-order valence-corrected chi connectivity index (χ2v) is 7.37. The van der Waals surface area contributed by atoms with Crippen LogP contribution in [-0.4, -0.2) is 59.0 Å². The molecule has 0 radical (unpaired) electrons. The van der Waals surface area contributed by atoms with Gasteiger partial charge in [0.05, 0.1) is 13.2 Å². The average molecular weight is 332 g/mol. The molecule has 0 amide bonds. The first-order valence-corrected chi connectivity index (χ1v) is 9.24. The number of likely N-dealkylation sites (tertiary alicyclic amines) is 1. The molecule has 0 saturated carbocycles. The van der Waals surface area contributed by atoms with Crippen molar-refractivity contribution in [3.8, 4) is 0 Å². The van der Waals surface area contributed by atoms with Crippen molar-refractivity contribution in [2.24, 2.45) is 10.4 Å². The molecule has 1 aromatic heterocycles. The lowest BCUT2D eigenvalue weighted by molar-refractivity contribution is 0.156. The summed E-state index contributed by atoms with van der Waals surface area (Å²) < 4.78 is 7.92. The van der Waals surface area contributed by atoms with E-state index in [1.54, 1.807) is 0 Å². The molecule has 0 aromatic carbocycles. The van der Waals surface area contributed by atoms with Crippen LogP contribution in [0.5, 0.6) is 0 Å². The Bertz CT molecular complexity index is 604. The van der Waals surface area contributed by atoms with Crippen molar-refractivity contribution in [3.05, 3.63) is 11.6 Å². The smallest absolute Gasteiger partial charge is 0.194 e. The molecule has 0 aliphatic carbocycles. The second-order valence-electron chi connectivity index (χ2n) is 7.37. The number of aryl methyl sites for hydroxylation is 1. The van der Waals surface area contributed by atoms with Gasteiger partial charge >= 0.3 is 0 Å². The Hall–Kier alpha value is -1.63. The molecule has 1 atom stereocenters. The third-order valence-electron chi connectivity index (χ3n) is 5.73.